The molecule has 17 heavy (non-hydrogen) atoms. The molecular formula is C12H13ClFNO2. The van der Waals surface area contributed by atoms with Gasteiger partial charge >= 0.3 is 0 Å². The fraction of sp³-hybridized carbons (Fsp3) is 0.417. The third-order valence-corrected chi connectivity index (χ3v) is 3.29. The molecule has 92 valence electrons. The van der Waals surface area contributed by atoms with Crippen molar-refractivity contribution in [2.45, 2.75) is 25.4 Å². The van der Waals surface area contributed by atoms with Crippen LogP contribution in [0.25, 0.3) is 0 Å². The summed E-state index contributed by atoms with van der Waals surface area (Å²) in [6, 6.07) is 4.00. The molecule has 5 heteroatoms. The molecule has 1 saturated carbocycles. The normalized spacial score (nSPS) is 23.7. The van der Waals surface area contributed by atoms with Crippen LogP contribution in [0.5, 0.6) is 0 Å². The van der Waals surface area contributed by atoms with E-state index in [1.165, 1.54) is 18.2 Å². The predicted molar refractivity (Wildman–Crippen MR) is 63.4 cm³/mol. The number of benzene rings is 1. The number of hydrogen-bond donors (Lipinski definition) is 2. The highest BCUT2D eigenvalue weighted by atomic mass is 35.5. The maximum Gasteiger partial charge on any atom is 0.230 e. The Labute approximate surface area is 104 Å². The number of amides is 1. The Kier molecular flexibility index (Phi) is 3.64. The Morgan fingerprint density at radius 2 is 2.24 bits per heavy atom. The molecule has 0 spiro atoms. The first-order valence-electron chi connectivity index (χ1n) is 5.52. The monoisotopic (exact) mass is 257 g/mol. The minimum Gasteiger partial charge on any atom is -0.392 e. The van der Waals surface area contributed by atoms with E-state index in [2.05, 4.69) is 5.32 Å². The lowest BCUT2D eigenvalue weighted by Gasteiger charge is -2.14. The summed E-state index contributed by atoms with van der Waals surface area (Å²) in [5.74, 6) is -1.14. The number of aliphatic hydroxyl groups is 1. The third kappa shape index (κ3) is 2.76. The fourth-order valence-electron chi connectivity index (χ4n) is 2.06. The Hall–Kier alpha value is -1.13. The first-order chi connectivity index (χ1) is 8.08. The van der Waals surface area contributed by atoms with Crippen molar-refractivity contribution >= 4 is 23.2 Å². The Morgan fingerprint density at radius 1 is 1.47 bits per heavy atom. The average Bonchev–Trinajstić information content (AvgIpc) is 2.70. The van der Waals surface area contributed by atoms with Crippen molar-refractivity contribution < 1.29 is 14.3 Å². The van der Waals surface area contributed by atoms with Gasteiger partial charge in [0.15, 0.2) is 0 Å². The molecule has 0 aromatic heterocycles. The van der Waals surface area contributed by atoms with Gasteiger partial charge in [0.1, 0.15) is 5.82 Å². The number of rotatable bonds is 2. The quantitative estimate of drug-likeness (QED) is 0.856. The minimum atomic E-state index is -0.578. The lowest BCUT2D eigenvalue weighted by Crippen LogP contribution is -2.28. The van der Waals surface area contributed by atoms with E-state index in [-0.39, 0.29) is 16.8 Å². The van der Waals surface area contributed by atoms with Crippen molar-refractivity contribution in [2.75, 3.05) is 5.32 Å². The van der Waals surface area contributed by atoms with Crippen LogP contribution in [-0.4, -0.2) is 17.1 Å². The zero-order valence-corrected chi connectivity index (χ0v) is 9.88. The molecule has 2 atom stereocenters. The van der Waals surface area contributed by atoms with E-state index in [9.17, 15) is 14.3 Å². The maximum absolute atomic E-state index is 12.9. The molecule has 1 aliphatic carbocycles. The summed E-state index contributed by atoms with van der Waals surface area (Å²) >= 11 is 5.61. The van der Waals surface area contributed by atoms with Gasteiger partial charge in [0, 0.05) is 5.69 Å². The van der Waals surface area contributed by atoms with Gasteiger partial charge in [-0.25, -0.2) is 4.39 Å². The molecule has 1 aliphatic rings. The fourth-order valence-corrected chi connectivity index (χ4v) is 2.24. The zero-order valence-electron chi connectivity index (χ0n) is 9.12. The van der Waals surface area contributed by atoms with Gasteiger partial charge < -0.3 is 10.4 Å². The Balaban J connectivity index is 2.05. The highest BCUT2D eigenvalue weighted by molar-refractivity contribution is 6.31. The van der Waals surface area contributed by atoms with Crippen molar-refractivity contribution in [3.8, 4) is 0 Å². The van der Waals surface area contributed by atoms with Gasteiger partial charge in [0.05, 0.1) is 17.0 Å². The molecule has 2 unspecified atom stereocenters. The molecule has 2 N–H and O–H groups in total. The summed E-state index contributed by atoms with van der Waals surface area (Å²) in [6.07, 6.45) is 1.61. The number of anilines is 1. The first kappa shape index (κ1) is 12.3. The molecule has 1 aromatic rings. The lowest BCUT2D eigenvalue weighted by molar-refractivity contribution is -0.122. The molecule has 2 rings (SSSR count). The van der Waals surface area contributed by atoms with Crippen molar-refractivity contribution in [1.82, 2.24) is 0 Å². The number of aliphatic hydroxyl groups excluding tert-OH is 1. The van der Waals surface area contributed by atoms with Crippen LogP contribution in [0.1, 0.15) is 19.3 Å². The van der Waals surface area contributed by atoms with Gasteiger partial charge in [-0.05, 0) is 37.5 Å². The molecule has 0 radical (unpaired) electrons. The lowest BCUT2D eigenvalue weighted by atomic mass is 10.1. The van der Waals surface area contributed by atoms with Gasteiger partial charge in [0.2, 0.25) is 5.91 Å². The molecular weight excluding hydrogens is 245 g/mol. The molecule has 1 aromatic carbocycles. The molecule has 1 fully saturated rings. The number of halogens is 2. The Bertz CT molecular complexity index is 439. The SMILES string of the molecule is O=C(Nc1ccc(F)c(Cl)c1)C1CCCC1O. The predicted octanol–water partition coefficient (Wildman–Crippen LogP) is 2.58. The number of carbonyl (C=O) groups is 1. The van der Waals surface area contributed by atoms with Gasteiger partial charge in [0.25, 0.3) is 0 Å². The van der Waals surface area contributed by atoms with Gasteiger partial charge in [-0.1, -0.05) is 11.6 Å². The molecule has 0 aliphatic heterocycles. The van der Waals surface area contributed by atoms with Crippen LogP contribution >= 0.6 is 11.6 Å². The molecule has 3 nitrogen and oxygen atoms in total. The second-order valence-corrected chi connectivity index (χ2v) is 4.63. The summed E-state index contributed by atoms with van der Waals surface area (Å²) in [5.41, 5.74) is 0.445. The van der Waals surface area contributed by atoms with E-state index in [1.54, 1.807) is 0 Å². The van der Waals surface area contributed by atoms with Crippen LogP contribution in [0.15, 0.2) is 18.2 Å². The summed E-state index contributed by atoms with van der Waals surface area (Å²) in [7, 11) is 0. The summed E-state index contributed by atoms with van der Waals surface area (Å²) in [4.78, 5) is 11.8. The first-order valence-corrected chi connectivity index (χ1v) is 5.89. The van der Waals surface area contributed by atoms with Crippen LogP contribution in [-0.2, 0) is 4.79 Å². The largest absolute Gasteiger partial charge is 0.392 e. The Morgan fingerprint density at radius 3 is 2.82 bits per heavy atom. The van der Waals surface area contributed by atoms with Gasteiger partial charge in [-0.3, -0.25) is 4.79 Å². The van der Waals surface area contributed by atoms with Crippen LogP contribution < -0.4 is 5.32 Å². The van der Waals surface area contributed by atoms with E-state index in [4.69, 9.17) is 11.6 Å². The number of nitrogens with one attached hydrogen (secondary N) is 1. The van der Waals surface area contributed by atoms with Crippen molar-refractivity contribution in [3.05, 3.63) is 29.0 Å². The number of hydrogen-bond acceptors (Lipinski definition) is 2. The second kappa shape index (κ2) is 5.02. The standard InChI is InChI=1S/C12H13ClFNO2/c13-9-6-7(4-5-10(9)14)15-12(17)8-2-1-3-11(8)16/h4-6,8,11,16H,1-3H2,(H,15,17). The highest BCUT2D eigenvalue weighted by Gasteiger charge is 2.31. The topological polar surface area (TPSA) is 49.3 Å². The van der Waals surface area contributed by atoms with Crippen molar-refractivity contribution in [1.29, 1.82) is 0 Å². The van der Waals surface area contributed by atoms with Crippen molar-refractivity contribution in [2.24, 2.45) is 5.92 Å². The van der Waals surface area contributed by atoms with Crippen LogP contribution in [0.2, 0.25) is 5.02 Å². The van der Waals surface area contributed by atoms with Gasteiger partial charge in [-0.15, -0.1) is 0 Å². The van der Waals surface area contributed by atoms with E-state index in [0.29, 0.717) is 18.5 Å². The van der Waals surface area contributed by atoms with E-state index >= 15 is 0 Å². The molecule has 0 bridgehead atoms. The van der Waals surface area contributed by atoms with Crippen LogP contribution in [0, 0.1) is 11.7 Å². The highest BCUT2D eigenvalue weighted by Crippen LogP contribution is 2.27. The summed E-state index contributed by atoms with van der Waals surface area (Å²) in [6.45, 7) is 0. The zero-order chi connectivity index (χ0) is 12.4. The maximum atomic E-state index is 12.9. The smallest absolute Gasteiger partial charge is 0.230 e. The van der Waals surface area contributed by atoms with E-state index in [0.717, 1.165) is 6.42 Å². The van der Waals surface area contributed by atoms with E-state index < -0.39 is 11.9 Å². The average molecular weight is 258 g/mol. The third-order valence-electron chi connectivity index (χ3n) is 3.00. The minimum absolute atomic E-state index is 0.0326. The van der Waals surface area contributed by atoms with Crippen LogP contribution in [0.3, 0.4) is 0 Å². The number of carbonyl (C=O) groups excluding carboxylic acids is 1. The van der Waals surface area contributed by atoms with E-state index in [1.807, 2.05) is 0 Å². The second-order valence-electron chi connectivity index (χ2n) is 4.22. The summed E-state index contributed by atoms with van der Waals surface area (Å²) in [5, 5.41) is 12.2. The molecule has 0 heterocycles. The van der Waals surface area contributed by atoms with Gasteiger partial charge in [-0.2, -0.15) is 0 Å². The molecule has 1 amide bonds. The van der Waals surface area contributed by atoms with Crippen LogP contribution in [0.4, 0.5) is 10.1 Å². The van der Waals surface area contributed by atoms with Crippen molar-refractivity contribution in [3.63, 3.8) is 0 Å². The summed E-state index contributed by atoms with van der Waals surface area (Å²) < 4.78 is 12.9. The molecule has 0 saturated heterocycles.